The minimum absolute atomic E-state index is 0.407. The van der Waals surface area contributed by atoms with Crippen molar-refractivity contribution in [2.75, 3.05) is 24.7 Å². The molecule has 0 aliphatic heterocycles. The topological polar surface area (TPSA) is 90.4 Å². The van der Waals surface area contributed by atoms with Crippen LogP contribution in [0.25, 0.3) is 0 Å². The summed E-state index contributed by atoms with van der Waals surface area (Å²) in [5.74, 6) is 0.337. The lowest BCUT2D eigenvalue weighted by Gasteiger charge is -2.12. The Morgan fingerprint density at radius 2 is 1.90 bits per heavy atom. The Morgan fingerprint density at radius 1 is 1.19 bits per heavy atom. The van der Waals surface area contributed by atoms with E-state index in [9.17, 15) is 4.79 Å². The number of nitrogens with two attached hydrogens (primary N) is 2. The molecule has 0 aliphatic carbocycles. The standard InChI is InChI=1S/C16H19N3O2/c1-21-12-7-5-11(6-8-12)9-10-19-15-13(16(18)20)3-2-4-14(15)17/h2-8,19H,9-10,17H2,1H3,(H2,18,20). The van der Waals surface area contributed by atoms with Crippen LogP contribution in [0.3, 0.4) is 0 Å². The minimum atomic E-state index is -0.491. The molecule has 1 amide bonds. The van der Waals surface area contributed by atoms with Gasteiger partial charge in [0.1, 0.15) is 5.75 Å². The monoisotopic (exact) mass is 285 g/mol. The maximum Gasteiger partial charge on any atom is 0.250 e. The van der Waals surface area contributed by atoms with Gasteiger partial charge in [0.2, 0.25) is 0 Å². The molecule has 2 rings (SSSR count). The van der Waals surface area contributed by atoms with E-state index in [4.69, 9.17) is 16.2 Å². The fraction of sp³-hybridized carbons (Fsp3) is 0.188. The minimum Gasteiger partial charge on any atom is -0.497 e. The van der Waals surface area contributed by atoms with Gasteiger partial charge in [-0.2, -0.15) is 0 Å². The van der Waals surface area contributed by atoms with E-state index >= 15 is 0 Å². The summed E-state index contributed by atoms with van der Waals surface area (Å²) >= 11 is 0. The molecule has 5 nitrogen and oxygen atoms in total. The second-order valence-corrected chi connectivity index (χ2v) is 4.66. The van der Waals surface area contributed by atoms with Gasteiger partial charge in [0.05, 0.1) is 24.0 Å². The molecule has 5 heteroatoms. The predicted molar refractivity (Wildman–Crippen MR) is 84.6 cm³/mol. The molecule has 0 unspecified atom stereocenters. The molecular formula is C16H19N3O2. The Kier molecular flexibility index (Phi) is 4.66. The van der Waals surface area contributed by atoms with Crippen LogP contribution in [0, 0.1) is 0 Å². The van der Waals surface area contributed by atoms with Gasteiger partial charge in [-0.15, -0.1) is 0 Å². The largest absolute Gasteiger partial charge is 0.497 e. The lowest BCUT2D eigenvalue weighted by atomic mass is 10.1. The van der Waals surface area contributed by atoms with E-state index < -0.39 is 5.91 Å². The molecule has 2 aromatic carbocycles. The number of hydrogen-bond acceptors (Lipinski definition) is 4. The van der Waals surface area contributed by atoms with Crippen molar-refractivity contribution in [2.24, 2.45) is 5.73 Å². The number of anilines is 2. The van der Waals surface area contributed by atoms with E-state index in [0.717, 1.165) is 12.2 Å². The maximum absolute atomic E-state index is 11.4. The molecule has 21 heavy (non-hydrogen) atoms. The zero-order valence-corrected chi connectivity index (χ0v) is 11.9. The zero-order valence-electron chi connectivity index (χ0n) is 11.9. The molecule has 0 aliphatic rings. The Morgan fingerprint density at radius 3 is 2.52 bits per heavy atom. The van der Waals surface area contributed by atoms with E-state index in [-0.39, 0.29) is 0 Å². The first kappa shape index (κ1) is 14.7. The molecule has 5 N–H and O–H groups in total. The SMILES string of the molecule is COc1ccc(CCNc2c(N)cccc2C(N)=O)cc1. The normalized spacial score (nSPS) is 10.1. The molecule has 0 atom stereocenters. The summed E-state index contributed by atoms with van der Waals surface area (Å²) in [5.41, 5.74) is 13.9. The Balaban J connectivity index is 2.01. The molecular weight excluding hydrogens is 266 g/mol. The third-order valence-electron chi connectivity index (χ3n) is 3.24. The molecule has 0 fully saturated rings. The van der Waals surface area contributed by atoms with E-state index in [0.29, 0.717) is 23.5 Å². The van der Waals surface area contributed by atoms with Gasteiger partial charge in [-0.3, -0.25) is 4.79 Å². The summed E-state index contributed by atoms with van der Waals surface area (Å²) in [6, 6.07) is 13.0. The highest BCUT2D eigenvalue weighted by molar-refractivity contribution is 6.01. The van der Waals surface area contributed by atoms with Crippen molar-refractivity contribution in [3.8, 4) is 5.75 Å². The van der Waals surface area contributed by atoms with Crippen molar-refractivity contribution in [3.05, 3.63) is 53.6 Å². The number of nitrogens with one attached hydrogen (secondary N) is 1. The van der Waals surface area contributed by atoms with E-state index in [1.165, 1.54) is 5.56 Å². The van der Waals surface area contributed by atoms with Crippen LogP contribution >= 0.6 is 0 Å². The summed E-state index contributed by atoms with van der Waals surface area (Å²) in [7, 11) is 1.64. The quantitative estimate of drug-likeness (QED) is 0.708. The second-order valence-electron chi connectivity index (χ2n) is 4.66. The summed E-state index contributed by atoms with van der Waals surface area (Å²) < 4.78 is 5.12. The number of para-hydroxylation sites is 1. The highest BCUT2D eigenvalue weighted by Crippen LogP contribution is 2.23. The fourth-order valence-corrected chi connectivity index (χ4v) is 2.10. The zero-order chi connectivity index (χ0) is 15.2. The first-order chi connectivity index (χ1) is 10.1. The van der Waals surface area contributed by atoms with Crippen LogP contribution in [0.1, 0.15) is 15.9 Å². The van der Waals surface area contributed by atoms with Gasteiger partial charge in [-0.25, -0.2) is 0 Å². The molecule has 0 saturated carbocycles. The predicted octanol–water partition coefficient (Wildman–Crippen LogP) is 2.03. The summed E-state index contributed by atoms with van der Waals surface area (Å²) in [6.07, 6.45) is 0.802. The van der Waals surface area contributed by atoms with Crippen molar-refractivity contribution in [1.82, 2.24) is 0 Å². The highest BCUT2D eigenvalue weighted by Gasteiger charge is 2.10. The number of primary amides is 1. The van der Waals surface area contributed by atoms with E-state index in [1.54, 1.807) is 25.3 Å². The molecule has 0 bridgehead atoms. The van der Waals surface area contributed by atoms with Crippen molar-refractivity contribution >= 4 is 17.3 Å². The van der Waals surface area contributed by atoms with Gasteiger partial charge in [0, 0.05) is 6.54 Å². The van der Waals surface area contributed by atoms with Crippen LogP contribution in [-0.2, 0) is 6.42 Å². The fourth-order valence-electron chi connectivity index (χ4n) is 2.10. The Hall–Kier alpha value is -2.69. The van der Waals surface area contributed by atoms with Crippen LogP contribution in [0.4, 0.5) is 11.4 Å². The summed E-state index contributed by atoms with van der Waals surface area (Å²) in [4.78, 5) is 11.4. The van der Waals surface area contributed by atoms with Crippen LogP contribution in [0.5, 0.6) is 5.75 Å². The van der Waals surface area contributed by atoms with Crippen LogP contribution in [0.15, 0.2) is 42.5 Å². The van der Waals surface area contributed by atoms with Gasteiger partial charge in [-0.1, -0.05) is 18.2 Å². The van der Waals surface area contributed by atoms with E-state index in [2.05, 4.69) is 5.32 Å². The van der Waals surface area contributed by atoms with Gasteiger partial charge in [-0.05, 0) is 36.2 Å². The third-order valence-corrected chi connectivity index (χ3v) is 3.24. The second kappa shape index (κ2) is 6.65. The number of nitrogen functional groups attached to an aromatic ring is 1. The molecule has 2 aromatic rings. The lowest BCUT2D eigenvalue weighted by molar-refractivity contribution is 0.100. The van der Waals surface area contributed by atoms with Crippen molar-refractivity contribution in [3.63, 3.8) is 0 Å². The van der Waals surface area contributed by atoms with Crippen molar-refractivity contribution in [1.29, 1.82) is 0 Å². The molecule has 0 radical (unpaired) electrons. The molecule has 0 aromatic heterocycles. The summed E-state index contributed by atoms with van der Waals surface area (Å²) in [6.45, 7) is 0.654. The smallest absolute Gasteiger partial charge is 0.250 e. The molecule has 0 spiro atoms. The van der Waals surface area contributed by atoms with Crippen LogP contribution in [-0.4, -0.2) is 19.6 Å². The number of carbonyl (C=O) groups excluding carboxylic acids is 1. The van der Waals surface area contributed by atoms with Crippen molar-refractivity contribution in [2.45, 2.75) is 6.42 Å². The summed E-state index contributed by atoms with van der Waals surface area (Å²) in [5, 5.41) is 3.18. The average Bonchev–Trinajstić information content (AvgIpc) is 2.49. The van der Waals surface area contributed by atoms with Crippen LogP contribution < -0.4 is 21.5 Å². The maximum atomic E-state index is 11.4. The Labute approximate surface area is 123 Å². The number of rotatable bonds is 6. The third kappa shape index (κ3) is 3.66. The number of ether oxygens (including phenoxy) is 1. The van der Waals surface area contributed by atoms with Crippen molar-refractivity contribution < 1.29 is 9.53 Å². The number of methoxy groups -OCH3 is 1. The number of hydrogen-bond donors (Lipinski definition) is 3. The lowest BCUT2D eigenvalue weighted by Crippen LogP contribution is -2.16. The molecule has 0 heterocycles. The Bertz CT molecular complexity index is 624. The van der Waals surface area contributed by atoms with Gasteiger partial charge >= 0.3 is 0 Å². The van der Waals surface area contributed by atoms with Gasteiger partial charge < -0.3 is 21.5 Å². The van der Waals surface area contributed by atoms with Crippen LogP contribution in [0.2, 0.25) is 0 Å². The van der Waals surface area contributed by atoms with E-state index in [1.807, 2.05) is 24.3 Å². The molecule has 0 saturated heterocycles. The number of amides is 1. The van der Waals surface area contributed by atoms with Gasteiger partial charge in [0.25, 0.3) is 5.91 Å². The molecule has 110 valence electrons. The first-order valence-electron chi connectivity index (χ1n) is 6.67. The number of carbonyl (C=O) groups is 1. The highest BCUT2D eigenvalue weighted by atomic mass is 16.5. The number of benzene rings is 2. The average molecular weight is 285 g/mol. The first-order valence-corrected chi connectivity index (χ1v) is 6.67. The van der Waals surface area contributed by atoms with Gasteiger partial charge in [0.15, 0.2) is 0 Å².